The predicted octanol–water partition coefficient (Wildman–Crippen LogP) is 4.19. The van der Waals surface area contributed by atoms with Gasteiger partial charge in [0.1, 0.15) is 17.8 Å². The highest BCUT2D eigenvalue weighted by Gasteiger charge is 2.30. The molecule has 4 heteroatoms. The van der Waals surface area contributed by atoms with E-state index in [4.69, 9.17) is 0 Å². The van der Waals surface area contributed by atoms with Crippen molar-refractivity contribution in [2.45, 2.75) is 19.3 Å². The topological polar surface area (TPSA) is 58.6 Å². The summed E-state index contributed by atoms with van der Waals surface area (Å²) in [5.74, 6) is -0.126. The van der Waals surface area contributed by atoms with E-state index in [1.807, 2.05) is 42.6 Å². The molecule has 2 heterocycles. The molecule has 5 rings (SSSR count). The van der Waals surface area contributed by atoms with Crippen LogP contribution in [0.3, 0.4) is 0 Å². The van der Waals surface area contributed by atoms with E-state index in [9.17, 15) is 4.79 Å². The van der Waals surface area contributed by atoms with Gasteiger partial charge < -0.3 is 4.98 Å². The first-order valence-electron chi connectivity index (χ1n) is 8.72. The van der Waals surface area contributed by atoms with E-state index in [2.05, 4.69) is 34.0 Å². The van der Waals surface area contributed by atoms with Crippen LogP contribution in [0.25, 0.3) is 22.3 Å². The van der Waals surface area contributed by atoms with Crippen molar-refractivity contribution in [1.82, 2.24) is 15.0 Å². The third kappa shape index (κ3) is 2.19. The van der Waals surface area contributed by atoms with Crippen LogP contribution in [-0.4, -0.2) is 20.7 Å². The second-order valence-electron chi connectivity index (χ2n) is 6.83. The van der Waals surface area contributed by atoms with Crippen molar-refractivity contribution < 1.29 is 4.79 Å². The zero-order valence-corrected chi connectivity index (χ0v) is 14.4. The number of fused-ring (bicyclic) bond motifs is 2. The van der Waals surface area contributed by atoms with Crippen LogP contribution in [0.1, 0.15) is 28.2 Å². The van der Waals surface area contributed by atoms with Crippen LogP contribution in [0, 0.1) is 6.92 Å². The Kier molecular flexibility index (Phi) is 3.25. The number of H-pyrrole nitrogens is 1. The summed E-state index contributed by atoms with van der Waals surface area (Å²) in [5.41, 5.74) is 6.84. The molecule has 26 heavy (non-hydrogen) atoms. The van der Waals surface area contributed by atoms with Crippen molar-refractivity contribution in [2.75, 3.05) is 0 Å². The molecule has 126 valence electrons. The Morgan fingerprint density at radius 2 is 1.85 bits per heavy atom. The molecule has 1 aliphatic carbocycles. The van der Waals surface area contributed by atoms with Crippen molar-refractivity contribution >= 4 is 16.8 Å². The van der Waals surface area contributed by atoms with Crippen molar-refractivity contribution in [3.63, 3.8) is 0 Å². The lowest BCUT2D eigenvalue weighted by Gasteiger charge is -2.21. The van der Waals surface area contributed by atoms with Gasteiger partial charge in [0.05, 0.1) is 11.6 Å². The lowest BCUT2D eigenvalue weighted by atomic mass is 9.81. The van der Waals surface area contributed by atoms with E-state index in [-0.39, 0.29) is 11.7 Å². The zero-order chi connectivity index (χ0) is 17.7. The Morgan fingerprint density at radius 3 is 2.69 bits per heavy atom. The van der Waals surface area contributed by atoms with E-state index in [1.54, 1.807) is 6.33 Å². The van der Waals surface area contributed by atoms with E-state index in [0.29, 0.717) is 6.42 Å². The predicted molar refractivity (Wildman–Crippen MR) is 101 cm³/mol. The smallest absolute Gasteiger partial charge is 0.149 e. The first-order chi connectivity index (χ1) is 12.7. The molecule has 1 N–H and O–H groups in total. The van der Waals surface area contributed by atoms with Crippen molar-refractivity contribution in [1.29, 1.82) is 0 Å². The fraction of sp³-hybridized carbons (Fsp3) is 0.136. The largest absolute Gasteiger partial charge is 0.346 e. The van der Waals surface area contributed by atoms with Crippen molar-refractivity contribution in [2.24, 2.45) is 0 Å². The maximum absolute atomic E-state index is 13.3. The molecule has 4 nitrogen and oxygen atoms in total. The van der Waals surface area contributed by atoms with Gasteiger partial charge in [0.25, 0.3) is 0 Å². The Labute approximate surface area is 150 Å². The highest BCUT2D eigenvalue weighted by atomic mass is 16.1. The SMILES string of the molecule is Cc1ccc(C2C(=O)Cc3ccccc3-c3ncnc4[nH]cc2c34)cc1. The molecule has 1 atom stereocenters. The summed E-state index contributed by atoms with van der Waals surface area (Å²) in [6.45, 7) is 2.05. The fourth-order valence-corrected chi connectivity index (χ4v) is 3.91. The monoisotopic (exact) mass is 339 g/mol. The van der Waals surface area contributed by atoms with Crippen LogP contribution >= 0.6 is 0 Å². The number of benzene rings is 2. The van der Waals surface area contributed by atoms with Gasteiger partial charge in [0.2, 0.25) is 0 Å². The lowest BCUT2D eigenvalue weighted by Crippen LogP contribution is -2.18. The number of hydrogen-bond acceptors (Lipinski definition) is 3. The van der Waals surface area contributed by atoms with Gasteiger partial charge in [-0.3, -0.25) is 4.79 Å². The molecular formula is C22H17N3O. The Morgan fingerprint density at radius 1 is 1.04 bits per heavy atom. The third-order valence-electron chi connectivity index (χ3n) is 5.18. The van der Waals surface area contributed by atoms with Crippen LogP contribution in [0.5, 0.6) is 0 Å². The first kappa shape index (κ1) is 15.0. The number of Topliss-reactive ketones (excluding diaryl/α,β-unsaturated/α-hetero) is 1. The standard InChI is InChI=1S/C22H17N3O/c1-13-6-8-14(9-7-13)19-17-11-23-22-20(17)21(24-12-25-22)16-5-3-2-4-15(16)10-18(19)26/h2-9,11-12,19H,10H2,1H3,(H,23,24,25). The highest BCUT2D eigenvalue weighted by Crippen LogP contribution is 2.39. The van der Waals surface area contributed by atoms with Crippen molar-refractivity contribution in [3.05, 3.63) is 83.3 Å². The molecule has 0 fully saturated rings. The molecule has 0 saturated carbocycles. The number of aryl methyl sites for hydroxylation is 1. The molecule has 0 amide bonds. The number of nitrogens with zero attached hydrogens (tertiary/aromatic N) is 2. The number of rotatable bonds is 1. The fourth-order valence-electron chi connectivity index (χ4n) is 3.91. The number of carbonyl (C=O) groups excluding carboxylic acids is 1. The molecule has 0 radical (unpaired) electrons. The Hall–Kier alpha value is -3.27. The van der Waals surface area contributed by atoms with Gasteiger partial charge >= 0.3 is 0 Å². The maximum Gasteiger partial charge on any atom is 0.149 e. The quantitative estimate of drug-likeness (QED) is 0.566. The van der Waals surface area contributed by atoms with Crippen LogP contribution in [-0.2, 0) is 11.2 Å². The molecule has 0 spiro atoms. The molecule has 0 aliphatic heterocycles. The number of nitrogens with one attached hydrogen (secondary N) is 1. The average Bonchev–Trinajstić information content (AvgIpc) is 3.07. The minimum Gasteiger partial charge on any atom is -0.346 e. The second-order valence-corrected chi connectivity index (χ2v) is 6.83. The molecule has 4 aromatic rings. The van der Waals surface area contributed by atoms with Gasteiger partial charge in [-0.15, -0.1) is 0 Å². The molecule has 0 saturated heterocycles. The summed E-state index contributed by atoms with van der Waals surface area (Å²) in [5, 5.41) is 0.943. The van der Waals surface area contributed by atoms with Gasteiger partial charge in [-0.2, -0.15) is 0 Å². The minimum atomic E-state index is -0.317. The van der Waals surface area contributed by atoms with Crippen LogP contribution in [0.4, 0.5) is 0 Å². The van der Waals surface area contributed by atoms with Gasteiger partial charge in [0, 0.05) is 23.6 Å². The minimum absolute atomic E-state index is 0.191. The van der Waals surface area contributed by atoms with Crippen LogP contribution < -0.4 is 0 Å². The molecule has 2 aromatic heterocycles. The van der Waals surface area contributed by atoms with Gasteiger partial charge in [-0.1, -0.05) is 54.1 Å². The number of hydrogen-bond donors (Lipinski definition) is 1. The molecule has 1 unspecified atom stereocenters. The van der Waals surface area contributed by atoms with Gasteiger partial charge in [0.15, 0.2) is 0 Å². The number of carbonyl (C=O) groups is 1. The van der Waals surface area contributed by atoms with E-state index in [1.165, 1.54) is 5.56 Å². The first-order valence-corrected chi connectivity index (χ1v) is 8.72. The van der Waals surface area contributed by atoms with E-state index in [0.717, 1.165) is 39.0 Å². The molecular weight excluding hydrogens is 322 g/mol. The average molecular weight is 339 g/mol. The summed E-state index contributed by atoms with van der Waals surface area (Å²) < 4.78 is 0. The summed E-state index contributed by atoms with van der Waals surface area (Å²) in [6, 6.07) is 16.2. The summed E-state index contributed by atoms with van der Waals surface area (Å²) in [7, 11) is 0. The molecule has 1 aliphatic rings. The highest BCUT2D eigenvalue weighted by molar-refractivity contribution is 6.03. The lowest BCUT2D eigenvalue weighted by molar-refractivity contribution is -0.119. The Bertz CT molecular complexity index is 1140. The molecule has 2 aromatic carbocycles. The van der Waals surface area contributed by atoms with E-state index >= 15 is 0 Å². The maximum atomic E-state index is 13.3. The summed E-state index contributed by atoms with van der Waals surface area (Å²) in [6.07, 6.45) is 3.89. The molecule has 0 bridgehead atoms. The summed E-state index contributed by atoms with van der Waals surface area (Å²) >= 11 is 0. The van der Waals surface area contributed by atoms with Gasteiger partial charge in [-0.05, 0) is 23.6 Å². The number of aromatic nitrogens is 3. The van der Waals surface area contributed by atoms with Crippen molar-refractivity contribution in [3.8, 4) is 11.3 Å². The van der Waals surface area contributed by atoms with E-state index < -0.39 is 0 Å². The third-order valence-corrected chi connectivity index (χ3v) is 5.18. The second kappa shape index (κ2) is 5.63. The zero-order valence-electron chi connectivity index (χ0n) is 14.4. The van der Waals surface area contributed by atoms with Gasteiger partial charge in [-0.25, -0.2) is 9.97 Å². The normalized spacial score (nSPS) is 16.2. The van der Waals surface area contributed by atoms with Crippen LogP contribution in [0.2, 0.25) is 0 Å². The van der Waals surface area contributed by atoms with Crippen LogP contribution in [0.15, 0.2) is 61.1 Å². The Balaban J connectivity index is 1.85. The number of aromatic amines is 1. The summed E-state index contributed by atoms with van der Waals surface area (Å²) in [4.78, 5) is 25.5. The number of ketones is 1.